The lowest BCUT2D eigenvalue weighted by atomic mass is 9.92. The van der Waals surface area contributed by atoms with Gasteiger partial charge in [-0.2, -0.15) is 0 Å². The molecule has 28 heavy (non-hydrogen) atoms. The molecule has 1 aliphatic rings. The molecule has 150 valence electrons. The summed E-state index contributed by atoms with van der Waals surface area (Å²) in [5.41, 5.74) is 2.16. The zero-order chi connectivity index (χ0) is 19.9. The molecule has 0 radical (unpaired) electrons. The maximum absolute atomic E-state index is 13.0. The lowest BCUT2D eigenvalue weighted by Gasteiger charge is -2.33. The quantitative estimate of drug-likeness (QED) is 0.772. The molecule has 1 aromatic heterocycles. The molecule has 1 saturated heterocycles. The second-order valence-electron chi connectivity index (χ2n) is 7.38. The van der Waals surface area contributed by atoms with E-state index in [-0.39, 0.29) is 17.7 Å². The van der Waals surface area contributed by atoms with Crippen molar-refractivity contribution in [2.75, 3.05) is 19.6 Å². The second kappa shape index (κ2) is 9.82. The average molecular weight is 400 g/mol. The van der Waals surface area contributed by atoms with Crippen LogP contribution in [0.25, 0.3) is 0 Å². The Kier molecular flexibility index (Phi) is 7.20. The Morgan fingerprint density at radius 1 is 1.25 bits per heavy atom. The number of amides is 2. The first-order chi connectivity index (χ1) is 13.6. The molecule has 1 fully saturated rings. The predicted octanol–water partition coefficient (Wildman–Crippen LogP) is 3.72. The van der Waals surface area contributed by atoms with E-state index in [1.54, 1.807) is 11.3 Å². The van der Waals surface area contributed by atoms with E-state index in [1.807, 2.05) is 23.1 Å². The summed E-state index contributed by atoms with van der Waals surface area (Å²) in [6, 6.07) is 10.1. The van der Waals surface area contributed by atoms with Crippen LogP contribution >= 0.6 is 11.3 Å². The van der Waals surface area contributed by atoms with Crippen molar-refractivity contribution in [2.24, 2.45) is 0 Å². The summed E-state index contributed by atoms with van der Waals surface area (Å²) in [5.74, 6) is 0.633. The fraction of sp³-hybridized carbons (Fsp3) is 0.500. The SMILES string of the molecule is CC[C@H](C(=O)N1CCC(c2nc(CCNC(C)=O)cs2)CC1)c1ccccc1. The van der Waals surface area contributed by atoms with Crippen LogP contribution in [0.3, 0.4) is 0 Å². The molecule has 5 nitrogen and oxygen atoms in total. The Hall–Kier alpha value is -2.21. The van der Waals surface area contributed by atoms with E-state index < -0.39 is 0 Å². The third kappa shape index (κ3) is 5.19. The van der Waals surface area contributed by atoms with E-state index in [0.717, 1.165) is 50.0 Å². The van der Waals surface area contributed by atoms with Crippen molar-refractivity contribution in [3.05, 3.63) is 52.0 Å². The van der Waals surface area contributed by atoms with Crippen LogP contribution in [0.15, 0.2) is 35.7 Å². The fourth-order valence-corrected chi connectivity index (χ4v) is 4.82. The number of hydrogen-bond acceptors (Lipinski definition) is 4. The molecule has 1 aromatic carbocycles. The van der Waals surface area contributed by atoms with Gasteiger partial charge in [0.2, 0.25) is 11.8 Å². The smallest absolute Gasteiger partial charge is 0.230 e. The molecule has 2 aromatic rings. The molecule has 0 bridgehead atoms. The summed E-state index contributed by atoms with van der Waals surface area (Å²) >= 11 is 1.70. The number of carbonyl (C=O) groups excluding carboxylic acids is 2. The topological polar surface area (TPSA) is 62.3 Å². The molecular formula is C22H29N3O2S. The van der Waals surface area contributed by atoms with E-state index in [2.05, 4.69) is 29.8 Å². The van der Waals surface area contributed by atoms with Crippen LogP contribution in [-0.2, 0) is 16.0 Å². The van der Waals surface area contributed by atoms with E-state index in [0.29, 0.717) is 12.5 Å². The molecule has 0 spiro atoms. The van der Waals surface area contributed by atoms with Crippen molar-refractivity contribution in [3.8, 4) is 0 Å². The monoisotopic (exact) mass is 399 g/mol. The normalized spacial score (nSPS) is 16.0. The molecule has 1 aliphatic heterocycles. The number of hydrogen-bond donors (Lipinski definition) is 1. The zero-order valence-electron chi connectivity index (χ0n) is 16.7. The van der Waals surface area contributed by atoms with Crippen molar-refractivity contribution in [1.29, 1.82) is 0 Å². The standard InChI is InChI=1S/C22H29N3O2S/c1-3-20(17-7-5-4-6-8-17)22(27)25-13-10-18(11-14-25)21-24-19(15-28-21)9-12-23-16(2)26/h4-8,15,18,20H,3,9-14H2,1-2H3,(H,23,26)/t20-/m0/s1. The van der Waals surface area contributed by atoms with Gasteiger partial charge in [0.25, 0.3) is 0 Å². The third-order valence-corrected chi connectivity index (χ3v) is 6.44. The highest BCUT2D eigenvalue weighted by Gasteiger charge is 2.29. The molecule has 6 heteroatoms. The Balaban J connectivity index is 1.53. The first-order valence-electron chi connectivity index (χ1n) is 10.1. The molecule has 3 rings (SSSR count). The predicted molar refractivity (Wildman–Crippen MR) is 113 cm³/mol. The van der Waals surface area contributed by atoms with Crippen molar-refractivity contribution in [3.63, 3.8) is 0 Å². The van der Waals surface area contributed by atoms with Crippen molar-refractivity contribution in [2.45, 2.75) is 51.4 Å². The number of benzene rings is 1. The molecule has 0 saturated carbocycles. The number of thiazole rings is 1. The summed E-state index contributed by atoms with van der Waals surface area (Å²) in [5, 5.41) is 6.07. The number of piperidine rings is 1. The van der Waals surface area contributed by atoms with Gasteiger partial charge in [0.05, 0.1) is 16.6 Å². The van der Waals surface area contributed by atoms with Gasteiger partial charge in [-0.25, -0.2) is 4.98 Å². The van der Waals surface area contributed by atoms with E-state index in [9.17, 15) is 9.59 Å². The van der Waals surface area contributed by atoms with Gasteiger partial charge in [-0.15, -0.1) is 11.3 Å². The molecule has 0 unspecified atom stereocenters. The number of likely N-dealkylation sites (tertiary alicyclic amines) is 1. The zero-order valence-corrected chi connectivity index (χ0v) is 17.5. The minimum Gasteiger partial charge on any atom is -0.356 e. The summed E-state index contributed by atoms with van der Waals surface area (Å²) in [4.78, 5) is 30.8. The van der Waals surface area contributed by atoms with Crippen LogP contribution in [-0.4, -0.2) is 41.3 Å². The van der Waals surface area contributed by atoms with E-state index in [1.165, 1.54) is 11.9 Å². The second-order valence-corrected chi connectivity index (χ2v) is 8.27. The fourth-order valence-electron chi connectivity index (χ4n) is 3.80. The maximum atomic E-state index is 13.0. The third-order valence-electron chi connectivity index (χ3n) is 5.39. The molecular weight excluding hydrogens is 370 g/mol. The number of nitrogens with one attached hydrogen (secondary N) is 1. The Morgan fingerprint density at radius 3 is 2.61 bits per heavy atom. The van der Waals surface area contributed by atoms with Gasteiger partial charge in [-0.1, -0.05) is 37.3 Å². The van der Waals surface area contributed by atoms with Crippen molar-refractivity contribution in [1.82, 2.24) is 15.2 Å². The summed E-state index contributed by atoms with van der Waals surface area (Å²) < 4.78 is 0. The molecule has 1 N–H and O–H groups in total. The largest absolute Gasteiger partial charge is 0.356 e. The van der Waals surface area contributed by atoms with Gasteiger partial charge in [0.1, 0.15) is 0 Å². The highest BCUT2D eigenvalue weighted by atomic mass is 32.1. The van der Waals surface area contributed by atoms with E-state index >= 15 is 0 Å². The van der Waals surface area contributed by atoms with Gasteiger partial charge < -0.3 is 10.2 Å². The van der Waals surface area contributed by atoms with Crippen LogP contribution in [0.2, 0.25) is 0 Å². The van der Waals surface area contributed by atoms with Crippen molar-refractivity contribution < 1.29 is 9.59 Å². The Labute approximate surface area is 171 Å². The lowest BCUT2D eigenvalue weighted by Crippen LogP contribution is -2.40. The van der Waals surface area contributed by atoms with Gasteiger partial charge in [-0.05, 0) is 24.8 Å². The summed E-state index contributed by atoms with van der Waals surface area (Å²) in [6.07, 6.45) is 3.53. The number of aromatic nitrogens is 1. The first kappa shape index (κ1) is 20.5. The van der Waals surface area contributed by atoms with Gasteiger partial charge >= 0.3 is 0 Å². The highest BCUT2D eigenvalue weighted by molar-refractivity contribution is 7.09. The molecule has 0 aliphatic carbocycles. The maximum Gasteiger partial charge on any atom is 0.230 e. The minimum absolute atomic E-state index is 0.00613. The average Bonchev–Trinajstić information content (AvgIpc) is 3.18. The van der Waals surface area contributed by atoms with Crippen molar-refractivity contribution >= 4 is 23.2 Å². The van der Waals surface area contributed by atoms with Crippen LogP contribution in [0, 0.1) is 0 Å². The van der Waals surface area contributed by atoms with Gasteiger partial charge in [0.15, 0.2) is 0 Å². The summed E-state index contributed by atoms with van der Waals surface area (Å²) in [7, 11) is 0. The van der Waals surface area contributed by atoms with Crippen LogP contribution in [0.4, 0.5) is 0 Å². The lowest BCUT2D eigenvalue weighted by molar-refractivity contribution is -0.134. The summed E-state index contributed by atoms with van der Waals surface area (Å²) in [6.45, 7) is 5.84. The van der Waals surface area contributed by atoms with E-state index in [4.69, 9.17) is 4.98 Å². The van der Waals surface area contributed by atoms with Gasteiger partial charge in [-0.3, -0.25) is 9.59 Å². The van der Waals surface area contributed by atoms with Crippen LogP contribution in [0.1, 0.15) is 61.2 Å². The molecule has 2 amide bonds. The Bertz CT molecular complexity index is 782. The Morgan fingerprint density at radius 2 is 1.96 bits per heavy atom. The number of rotatable bonds is 7. The van der Waals surface area contributed by atoms with Crippen LogP contribution < -0.4 is 5.32 Å². The molecule has 2 heterocycles. The van der Waals surface area contributed by atoms with Gasteiger partial charge in [0, 0.05) is 44.3 Å². The number of nitrogens with zero attached hydrogens (tertiary/aromatic N) is 2. The molecule has 1 atom stereocenters. The van der Waals surface area contributed by atoms with Crippen LogP contribution in [0.5, 0.6) is 0 Å². The first-order valence-corrected chi connectivity index (χ1v) is 11.0. The highest BCUT2D eigenvalue weighted by Crippen LogP contribution is 2.32. The minimum atomic E-state index is -0.0435. The number of carbonyl (C=O) groups is 2.